The fraction of sp³-hybridized carbons (Fsp3) is 0.833. The summed E-state index contributed by atoms with van der Waals surface area (Å²) in [5.41, 5.74) is 0. The Balaban J connectivity index is 2.84. The first kappa shape index (κ1) is 9.78. The molecule has 4 heteroatoms. The smallest absolute Gasteiger partial charge is 0.302 e. The monoisotopic (exact) mass is 164 g/mol. The molecule has 0 N–H and O–H groups in total. The van der Waals surface area contributed by atoms with Gasteiger partial charge in [-0.15, -0.1) is 11.8 Å². The number of hydrogen-bond acceptors (Lipinski definition) is 4. The van der Waals surface area contributed by atoms with E-state index in [-0.39, 0.29) is 5.97 Å². The van der Waals surface area contributed by atoms with E-state index in [2.05, 4.69) is 4.74 Å². The molecule has 0 aliphatic rings. The highest BCUT2D eigenvalue weighted by atomic mass is 32.2. The van der Waals surface area contributed by atoms with Crippen LogP contribution in [0, 0.1) is 0 Å². The number of carbonyl (C=O) groups is 1. The Labute approximate surface area is 65.1 Å². The highest BCUT2D eigenvalue weighted by Gasteiger charge is 1.90. The van der Waals surface area contributed by atoms with Crippen molar-refractivity contribution in [2.24, 2.45) is 0 Å². The van der Waals surface area contributed by atoms with Crippen LogP contribution >= 0.6 is 11.8 Å². The molecule has 0 aliphatic carbocycles. The minimum Gasteiger partial charge on any atom is -0.463 e. The van der Waals surface area contributed by atoms with E-state index in [1.165, 1.54) is 6.92 Å². The summed E-state index contributed by atoms with van der Waals surface area (Å²) in [6, 6.07) is 0. The van der Waals surface area contributed by atoms with Crippen LogP contribution in [0.25, 0.3) is 0 Å². The van der Waals surface area contributed by atoms with Crippen LogP contribution < -0.4 is 0 Å². The molecular formula is C6H12O3S. The van der Waals surface area contributed by atoms with Gasteiger partial charge in [0.1, 0.15) is 6.61 Å². The summed E-state index contributed by atoms with van der Waals surface area (Å²) in [5, 5.41) is 0. The predicted molar refractivity (Wildman–Crippen MR) is 41.0 cm³/mol. The maximum Gasteiger partial charge on any atom is 0.302 e. The molecule has 0 aromatic rings. The molecule has 0 aromatic heterocycles. The summed E-state index contributed by atoms with van der Waals surface area (Å²) < 4.78 is 9.63. The molecule has 3 nitrogen and oxygen atoms in total. The second kappa shape index (κ2) is 6.89. The number of rotatable bonds is 5. The van der Waals surface area contributed by atoms with E-state index < -0.39 is 0 Å². The largest absolute Gasteiger partial charge is 0.463 e. The quantitative estimate of drug-likeness (QED) is 0.343. The third-order valence-corrected chi connectivity index (χ3v) is 1.14. The molecule has 0 aliphatic heterocycles. The maximum atomic E-state index is 10.2. The topological polar surface area (TPSA) is 35.5 Å². The number of esters is 1. The van der Waals surface area contributed by atoms with Crippen LogP contribution in [-0.2, 0) is 14.3 Å². The second-order valence-corrected chi connectivity index (χ2v) is 2.47. The Hall–Kier alpha value is -0.220. The SMILES string of the molecule is CSCOCCOC(C)=O. The summed E-state index contributed by atoms with van der Waals surface area (Å²) in [5.74, 6) is 0.397. The van der Waals surface area contributed by atoms with E-state index in [4.69, 9.17) is 4.74 Å². The van der Waals surface area contributed by atoms with Gasteiger partial charge in [0.2, 0.25) is 0 Å². The highest BCUT2D eigenvalue weighted by Crippen LogP contribution is 1.91. The molecule has 0 saturated carbocycles. The van der Waals surface area contributed by atoms with Crippen molar-refractivity contribution >= 4 is 17.7 Å². The average molecular weight is 164 g/mol. The van der Waals surface area contributed by atoms with Crippen molar-refractivity contribution in [3.05, 3.63) is 0 Å². The maximum absolute atomic E-state index is 10.2. The van der Waals surface area contributed by atoms with Crippen LogP contribution in [0.2, 0.25) is 0 Å². The molecule has 10 heavy (non-hydrogen) atoms. The average Bonchev–Trinajstić information content (AvgIpc) is 1.87. The van der Waals surface area contributed by atoms with Crippen molar-refractivity contribution in [2.45, 2.75) is 6.92 Å². The normalized spacial score (nSPS) is 9.40. The van der Waals surface area contributed by atoms with Crippen LogP contribution in [0.3, 0.4) is 0 Å². The van der Waals surface area contributed by atoms with E-state index in [1.54, 1.807) is 11.8 Å². The summed E-state index contributed by atoms with van der Waals surface area (Å²) >= 11 is 1.60. The minimum absolute atomic E-state index is 0.257. The van der Waals surface area contributed by atoms with Gasteiger partial charge in [-0.25, -0.2) is 0 Å². The molecule has 0 bridgehead atoms. The highest BCUT2D eigenvalue weighted by molar-refractivity contribution is 7.98. The summed E-state index contributed by atoms with van der Waals surface area (Å²) in [4.78, 5) is 10.2. The molecule has 0 spiro atoms. The Bertz CT molecular complexity index is 95.0. The fourth-order valence-electron chi connectivity index (χ4n) is 0.387. The van der Waals surface area contributed by atoms with E-state index >= 15 is 0 Å². The molecule has 0 atom stereocenters. The van der Waals surface area contributed by atoms with Gasteiger partial charge in [0, 0.05) is 6.92 Å². The van der Waals surface area contributed by atoms with Gasteiger partial charge in [0.25, 0.3) is 0 Å². The lowest BCUT2D eigenvalue weighted by molar-refractivity contribution is -0.142. The Kier molecular flexibility index (Phi) is 6.74. The Morgan fingerprint density at radius 1 is 1.50 bits per heavy atom. The standard InChI is InChI=1S/C6H12O3S/c1-6(7)9-4-3-8-5-10-2/h3-5H2,1-2H3. The molecular weight excluding hydrogens is 152 g/mol. The zero-order chi connectivity index (χ0) is 7.82. The van der Waals surface area contributed by atoms with Crippen molar-refractivity contribution in [3.63, 3.8) is 0 Å². The number of carbonyl (C=O) groups excluding carboxylic acids is 1. The molecule has 60 valence electrons. The number of ether oxygens (including phenoxy) is 2. The Morgan fingerprint density at radius 2 is 2.20 bits per heavy atom. The first-order chi connectivity index (χ1) is 4.77. The number of thioether (sulfide) groups is 1. The van der Waals surface area contributed by atoms with E-state index in [9.17, 15) is 4.79 Å². The van der Waals surface area contributed by atoms with Gasteiger partial charge in [0.05, 0.1) is 12.5 Å². The lowest BCUT2D eigenvalue weighted by atomic mass is 10.7. The molecule has 0 rings (SSSR count). The van der Waals surface area contributed by atoms with Gasteiger partial charge in [-0.1, -0.05) is 0 Å². The van der Waals surface area contributed by atoms with Crippen LogP contribution in [0.15, 0.2) is 0 Å². The molecule has 0 fully saturated rings. The number of hydrogen-bond donors (Lipinski definition) is 0. The predicted octanol–water partition coefficient (Wildman–Crippen LogP) is 0.887. The van der Waals surface area contributed by atoms with Crippen LogP contribution in [0.5, 0.6) is 0 Å². The molecule has 0 unspecified atom stereocenters. The van der Waals surface area contributed by atoms with Gasteiger partial charge in [-0.3, -0.25) is 4.79 Å². The van der Waals surface area contributed by atoms with Crippen molar-refractivity contribution in [1.82, 2.24) is 0 Å². The van der Waals surface area contributed by atoms with Crippen LogP contribution in [-0.4, -0.2) is 31.4 Å². The van der Waals surface area contributed by atoms with E-state index in [0.29, 0.717) is 19.2 Å². The van der Waals surface area contributed by atoms with Crippen molar-refractivity contribution < 1.29 is 14.3 Å². The summed E-state index contributed by atoms with van der Waals surface area (Å²) in [6.07, 6.45) is 1.95. The van der Waals surface area contributed by atoms with Crippen LogP contribution in [0.4, 0.5) is 0 Å². The lowest BCUT2D eigenvalue weighted by Crippen LogP contribution is -2.06. The summed E-state index contributed by atoms with van der Waals surface area (Å²) in [7, 11) is 0. The molecule has 0 amide bonds. The zero-order valence-electron chi connectivity index (χ0n) is 6.25. The Morgan fingerprint density at radius 3 is 2.70 bits per heavy atom. The first-order valence-corrected chi connectivity index (χ1v) is 4.37. The molecule has 0 saturated heterocycles. The van der Waals surface area contributed by atoms with Crippen molar-refractivity contribution in [2.75, 3.05) is 25.4 Å². The molecule has 0 heterocycles. The van der Waals surface area contributed by atoms with Crippen LogP contribution in [0.1, 0.15) is 6.92 Å². The van der Waals surface area contributed by atoms with E-state index in [1.807, 2.05) is 6.26 Å². The third kappa shape index (κ3) is 7.78. The van der Waals surface area contributed by atoms with Gasteiger partial charge >= 0.3 is 5.97 Å². The summed E-state index contributed by atoms with van der Waals surface area (Å²) in [6.45, 7) is 2.23. The molecule has 0 radical (unpaired) electrons. The van der Waals surface area contributed by atoms with Crippen molar-refractivity contribution in [1.29, 1.82) is 0 Å². The first-order valence-electron chi connectivity index (χ1n) is 2.97. The lowest BCUT2D eigenvalue weighted by Gasteiger charge is -2.01. The van der Waals surface area contributed by atoms with Gasteiger partial charge in [-0.05, 0) is 6.26 Å². The second-order valence-electron chi connectivity index (χ2n) is 1.65. The molecule has 0 aromatic carbocycles. The van der Waals surface area contributed by atoms with Gasteiger partial charge in [-0.2, -0.15) is 0 Å². The van der Waals surface area contributed by atoms with E-state index in [0.717, 1.165) is 0 Å². The zero-order valence-corrected chi connectivity index (χ0v) is 7.07. The third-order valence-electron chi connectivity index (χ3n) is 0.734. The van der Waals surface area contributed by atoms with Gasteiger partial charge in [0.15, 0.2) is 0 Å². The minimum atomic E-state index is -0.257. The fourth-order valence-corrected chi connectivity index (χ4v) is 0.671. The van der Waals surface area contributed by atoms with Crippen molar-refractivity contribution in [3.8, 4) is 0 Å². The van der Waals surface area contributed by atoms with Gasteiger partial charge < -0.3 is 9.47 Å².